The number of halogens is 1. The number of anilines is 2. The van der Waals surface area contributed by atoms with Gasteiger partial charge in [-0.3, -0.25) is 24.4 Å². The highest BCUT2D eigenvalue weighted by Crippen LogP contribution is 2.24. The van der Waals surface area contributed by atoms with Gasteiger partial charge in [0.1, 0.15) is 34.9 Å². The lowest BCUT2D eigenvalue weighted by Gasteiger charge is -2.17. The molecule has 0 aliphatic carbocycles. The fraction of sp³-hybridized carbons (Fsp3) is 0.323. The van der Waals surface area contributed by atoms with Crippen LogP contribution < -0.4 is 21.9 Å². The Hall–Kier alpha value is -5.00. The highest BCUT2D eigenvalue weighted by Gasteiger charge is 2.31. The number of nitrogens with zero attached hydrogens (tertiary/aromatic N) is 4. The molecule has 2 aromatic heterocycles. The molecule has 0 saturated carbocycles. The van der Waals surface area contributed by atoms with Crippen LogP contribution in [-0.4, -0.2) is 44.4 Å². The summed E-state index contributed by atoms with van der Waals surface area (Å²) < 4.78 is 15.3. The lowest BCUT2D eigenvalue weighted by atomic mass is 10.0. The average Bonchev–Trinajstić information content (AvgIpc) is 3.42. The number of carbonyl (C=O) groups is 2. The van der Waals surface area contributed by atoms with E-state index >= 15 is 0 Å². The zero-order chi connectivity index (χ0) is 31.1. The van der Waals surface area contributed by atoms with Gasteiger partial charge in [0, 0.05) is 19.2 Å². The van der Waals surface area contributed by atoms with Crippen molar-refractivity contribution in [2.45, 2.75) is 58.9 Å². The molecule has 11 nitrogen and oxygen atoms in total. The number of aryl methyl sites for hydroxylation is 2. The average molecular weight is 587 g/mol. The third kappa shape index (κ3) is 7.45. The van der Waals surface area contributed by atoms with Crippen LogP contribution in [0.5, 0.6) is 0 Å². The second-order valence-corrected chi connectivity index (χ2v) is 10.4. The standard InChI is InChI=1S/C31H35FN8O3/c1-4-5-8-20(14-21-16-35-26(33)13-18(21)2)15-37-30(42)25-11-12-27-36-17-24(31(43)40(25)27)39-29(41)19(3)38-28(34)22-9-6-7-10-23(22)32/h6-7,9-10,13-14,16-17,25,34H,4-5,8,11-12,15H2,1-3H3,(H2,33,35)(H,37,42)(H,39,41)/b20-14+,34-28?,38-19?. The molecular weight excluding hydrogens is 551 g/mol. The van der Waals surface area contributed by atoms with E-state index in [4.69, 9.17) is 11.1 Å². The molecule has 43 heavy (non-hydrogen) atoms. The number of carbonyl (C=O) groups excluding carboxylic acids is 2. The normalized spacial score (nSPS) is 14.7. The van der Waals surface area contributed by atoms with Crippen molar-refractivity contribution in [3.63, 3.8) is 0 Å². The maximum absolute atomic E-state index is 14.0. The molecule has 5 N–H and O–H groups in total. The van der Waals surface area contributed by atoms with E-state index in [1.54, 1.807) is 18.3 Å². The molecule has 1 unspecified atom stereocenters. The van der Waals surface area contributed by atoms with Gasteiger partial charge in [0.05, 0.1) is 11.8 Å². The monoisotopic (exact) mass is 586 g/mol. The Labute approximate surface area is 248 Å². The molecule has 1 atom stereocenters. The number of benzene rings is 1. The number of aliphatic imine (C=N–C) groups is 1. The summed E-state index contributed by atoms with van der Waals surface area (Å²) in [7, 11) is 0. The number of hydrogen-bond acceptors (Lipinski definition) is 7. The minimum atomic E-state index is -0.789. The quantitative estimate of drug-likeness (QED) is 0.207. The summed E-state index contributed by atoms with van der Waals surface area (Å²) in [5.74, 6) is -1.26. The Bertz CT molecular complexity index is 1680. The minimum absolute atomic E-state index is 0.0595. The number of unbranched alkanes of at least 4 members (excludes halogenated alkanes) is 1. The summed E-state index contributed by atoms with van der Waals surface area (Å²) in [5.41, 5.74) is 7.80. The van der Waals surface area contributed by atoms with Crippen molar-refractivity contribution in [1.82, 2.24) is 19.9 Å². The summed E-state index contributed by atoms with van der Waals surface area (Å²) in [5, 5.41) is 13.5. The maximum Gasteiger partial charge on any atom is 0.278 e. The number of fused-ring (bicyclic) bond motifs is 1. The largest absolute Gasteiger partial charge is 0.384 e. The topological polar surface area (TPSA) is 168 Å². The van der Waals surface area contributed by atoms with Crippen molar-refractivity contribution in [1.29, 1.82) is 5.41 Å². The molecule has 12 heteroatoms. The second-order valence-electron chi connectivity index (χ2n) is 10.4. The molecule has 0 fully saturated rings. The fourth-order valence-corrected chi connectivity index (χ4v) is 4.78. The first kappa shape index (κ1) is 30.9. The van der Waals surface area contributed by atoms with Gasteiger partial charge in [0.2, 0.25) is 5.91 Å². The van der Waals surface area contributed by atoms with Gasteiger partial charge >= 0.3 is 0 Å². The molecule has 4 rings (SSSR count). The molecule has 0 bridgehead atoms. The summed E-state index contributed by atoms with van der Waals surface area (Å²) in [4.78, 5) is 51.8. The Balaban J connectivity index is 1.48. The lowest BCUT2D eigenvalue weighted by molar-refractivity contribution is -0.124. The van der Waals surface area contributed by atoms with Crippen molar-refractivity contribution in [3.8, 4) is 0 Å². The molecule has 0 saturated heterocycles. The molecule has 3 aromatic rings. The Kier molecular flexibility index (Phi) is 9.91. The zero-order valence-electron chi connectivity index (χ0n) is 24.4. The van der Waals surface area contributed by atoms with E-state index in [9.17, 15) is 18.8 Å². The number of nitrogens with one attached hydrogen (secondary N) is 3. The van der Waals surface area contributed by atoms with Crippen LogP contribution in [0.4, 0.5) is 15.9 Å². The first-order chi connectivity index (χ1) is 20.6. The molecule has 0 spiro atoms. The SMILES string of the molecule is CCCC/C(=C\c1cnc(N)cc1C)CNC(=O)C1CCc2ncc(NC(=O)C(C)=NC(=N)c3ccccc3F)c(=O)n21. The van der Waals surface area contributed by atoms with Crippen LogP contribution in [0.3, 0.4) is 0 Å². The lowest BCUT2D eigenvalue weighted by Crippen LogP contribution is -2.38. The van der Waals surface area contributed by atoms with Gasteiger partial charge in [-0.25, -0.2) is 19.4 Å². The molecule has 3 heterocycles. The molecule has 0 radical (unpaired) electrons. The van der Waals surface area contributed by atoms with E-state index in [0.717, 1.165) is 36.0 Å². The van der Waals surface area contributed by atoms with Crippen LogP contribution in [0.25, 0.3) is 6.08 Å². The number of pyridine rings is 1. The van der Waals surface area contributed by atoms with E-state index in [0.29, 0.717) is 31.0 Å². The van der Waals surface area contributed by atoms with Gasteiger partial charge in [-0.1, -0.05) is 37.1 Å². The minimum Gasteiger partial charge on any atom is -0.384 e. The summed E-state index contributed by atoms with van der Waals surface area (Å²) in [6, 6.07) is 6.63. The van der Waals surface area contributed by atoms with Crippen molar-refractivity contribution < 1.29 is 14.0 Å². The fourth-order valence-electron chi connectivity index (χ4n) is 4.78. The molecule has 1 aromatic carbocycles. The summed E-state index contributed by atoms with van der Waals surface area (Å²) in [6.07, 6.45) is 8.51. The van der Waals surface area contributed by atoms with Crippen molar-refractivity contribution in [2.75, 3.05) is 17.6 Å². The summed E-state index contributed by atoms with van der Waals surface area (Å²) >= 11 is 0. The molecule has 1 aliphatic heterocycles. The van der Waals surface area contributed by atoms with Crippen molar-refractivity contribution in [3.05, 3.63) is 87.0 Å². The molecule has 224 valence electrons. The van der Waals surface area contributed by atoms with E-state index in [2.05, 4.69) is 32.5 Å². The Morgan fingerprint density at radius 3 is 2.74 bits per heavy atom. The number of amidine groups is 1. The first-order valence-corrected chi connectivity index (χ1v) is 14.1. The van der Waals surface area contributed by atoms with Crippen LogP contribution in [-0.2, 0) is 16.0 Å². The maximum atomic E-state index is 14.0. The van der Waals surface area contributed by atoms with E-state index in [1.165, 1.54) is 35.9 Å². The zero-order valence-corrected chi connectivity index (χ0v) is 24.4. The highest BCUT2D eigenvalue weighted by molar-refractivity contribution is 6.43. The molecular formula is C31H35FN8O3. The first-order valence-electron chi connectivity index (χ1n) is 14.1. The van der Waals surface area contributed by atoms with Crippen molar-refractivity contribution >= 4 is 40.9 Å². The third-order valence-corrected chi connectivity index (χ3v) is 7.18. The Morgan fingerprint density at radius 2 is 2.02 bits per heavy atom. The smallest absolute Gasteiger partial charge is 0.278 e. The number of aromatic nitrogens is 3. The van der Waals surface area contributed by atoms with Crippen LogP contribution in [0.2, 0.25) is 0 Å². The predicted molar refractivity (Wildman–Crippen MR) is 165 cm³/mol. The van der Waals surface area contributed by atoms with Gasteiger partial charge in [-0.2, -0.15) is 0 Å². The number of nitrogen functional groups attached to an aromatic ring is 1. The summed E-state index contributed by atoms with van der Waals surface area (Å²) in [6.45, 7) is 5.70. The predicted octanol–water partition coefficient (Wildman–Crippen LogP) is 3.97. The van der Waals surface area contributed by atoms with Crippen LogP contribution in [0.1, 0.15) is 68.1 Å². The van der Waals surface area contributed by atoms with E-state index in [1.807, 2.05) is 13.0 Å². The van der Waals surface area contributed by atoms with E-state index in [-0.39, 0.29) is 22.9 Å². The molecule has 1 aliphatic rings. The van der Waals surface area contributed by atoms with Gasteiger partial charge in [0.15, 0.2) is 5.84 Å². The Morgan fingerprint density at radius 1 is 1.26 bits per heavy atom. The second kappa shape index (κ2) is 13.8. The number of amides is 2. The van der Waals surface area contributed by atoms with Crippen molar-refractivity contribution in [2.24, 2.45) is 4.99 Å². The van der Waals surface area contributed by atoms with Gasteiger partial charge in [-0.05, 0) is 62.4 Å². The van der Waals surface area contributed by atoms with Gasteiger partial charge in [-0.15, -0.1) is 0 Å². The number of rotatable bonds is 10. The molecule has 2 amide bonds. The van der Waals surface area contributed by atoms with Gasteiger partial charge in [0.25, 0.3) is 11.5 Å². The van der Waals surface area contributed by atoms with Crippen LogP contribution >= 0.6 is 0 Å². The van der Waals surface area contributed by atoms with E-state index < -0.39 is 29.2 Å². The number of hydrogen-bond donors (Lipinski definition) is 4. The highest BCUT2D eigenvalue weighted by atomic mass is 19.1. The number of nitrogens with two attached hydrogens (primary N) is 1. The van der Waals surface area contributed by atoms with Crippen LogP contribution in [0.15, 0.2) is 58.1 Å². The van der Waals surface area contributed by atoms with Crippen LogP contribution in [0, 0.1) is 18.2 Å². The third-order valence-electron chi connectivity index (χ3n) is 7.18. The van der Waals surface area contributed by atoms with Gasteiger partial charge < -0.3 is 16.4 Å².